The van der Waals surface area contributed by atoms with Crippen LogP contribution in [0.1, 0.15) is 43.4 Å². The van der Waals surface area contributed by atoms with E-state index in [1.165, 1.54) is 0 Å². The first-order valence-electron chi connectivity index (χ1n) is 9.53. The first-order valence-corrected chi connectivity index (χ1v) is 9.53. The maximum atomic E-state index is 12.2. The molecule has 1 atom stereocenters. The summed E-state index contributed by atoms with van der Waals surface area (Å²) in [7, 11) is 0. The lowest BCUT2D eigenvalue weighted by molar-refractivity contribution is -0.122. The Balaban J connectivity index is 1.39. The second kappa shape index (κ2) is 9.97. The van der Waals surface area contributed by atoms with Crippen LogP contribution in [0.4, 0.5) is 0 Å². The number of nitrogens with one attached hydrogen (secondary N) is 1. The number of rotatable bonds is 8. The molecule has 144 valence electrons. The lowest BCUT2D eigenvalue weighted by Gasteiger charge is -2.16. The van der Waals surface area contributed by atoms with Crippen LogP contribution in [0, 0.1) is 0 Å². The minimum absolute atomic E-state index is 0.0259. The second-order valence-corrected chi connectivity index (χ2v) is 6.69. The van der Waals surface area contributed by atoms with Crippen LogP contribution in [0.2, 0.25) is 0 Å². The van der Waals surface area contributed by atoms with Crippen molar-refractivity contribution in [2.45, 2.75) is 38.8 Å². The van der Waals surface area contributed by atoms with E-state index in [-0.39, 0.29) is 11.9 Å². The molecule has 5 heteroatoms. The zero-order valence-electron chi connectivity index (χ0n) is 15.8. The quantitative estimate of drug-likeness (QED) is 0.714. The van der Waals surface area contributed by atoms with Crippen molar-refractivity contribution in [3.05, 3.63) is 59.7 Å². The van der Waals surface area contributed by atoms with Gasteiger partial charge in [0.25, 0.3) is 0 Å². The van der Waals surface area contributed by atoms with Gasteiger partial charge in [0.1, 0.15) is 0 Å². The monoisotopic (exact) mass is 369 g/mol. The minimum Gasteiger partial charge on any atom is -0.490 e. The van der Waals surface area contributed by atoms with E-state index in [1.807, 2.05) is 55.5 Å². The third-order valence-corrected chi connectivity index (χ3v) is 4.45. The van der Waals surface area contributed by atoms with Crippen LogP contribution < -0.4 is 14.8 Å². The van der Waals surface area contributed by atoms with Crippen molar-refractivity contribution in [3.8, 4) is 11.5 Å². The molecule has 1 heterocycles. The van der Waals surface area contributed by atoms with Gasteiger partial charge in [0.2, 0.25) is 5.91 Å². The number of ether oxygens (including phenoxy) is 3. The lowest BCUT2D eigenvalue weighted by atomic mass is 10.1. The van der Waals surface area contributed by atoms with E-state index in [9.17, 15) is 4.79 Å². The predicted molar refractivity (Wildman–Crippen MR) is 104 cm³/mol. The molecule has 0 fully saturated rings. The van der Waals surface area contributed by atoms with Crippen LogP contribution in [-0.2, 0) is 16.1 Å². The van der Waals surface area contributed by atoms with Crippen LogP contribution in [0.15, 0.2) is 48.5 Å². The number of hydrogen-bond acceptors (Lipinski definition) is 4. The van der Waals surface area contributed by atoms with Gasteiger partial charge in [0.05, 0.1) is 25.9 Å². The molecule has 5 nitrogen and oxygen atoms in total. The summed E-state index contributed by atoms with van der Waals surface area (Å²) in [5.41, 5.74) is 2.15. The van der Waals surface area contributed by atoms with Gasteiger partial charge in [-0.15, -0.1) is 0 Å². The van der Waals surface area contributed by atoms with Crippen LogP contribution in [0.3, 0.4) is 0 Å². The molecule has 1 aliphatic heterocycles. The Kier molecular flexibility index (Phi) is 7.11. The highest BCUT2D eigenvalue weighted by Gasteiger charge is 2.15. The Hall–Kier alpha value is -2.53. The average Bonchev–Trinajstić information content (AvgIpc) is 2.93. The number of amides is 1. The molecule has 0 spiro atoms. The van der Waals surface area contributed by atoms with Crippen molar-refractivity contribution in [1.82, 2.24) is 5.32 Å². The summed E-state index contributed by atoms with van der Waals surface area (Å²) >= 11 is 0. The average molecular weight is 369 g/mol. The van der Waals surface area contributed by atoms with E-state index in [1.54, 1.807) is 0 Å². The standard InChI is InChI=1S/C22H27NO4/c1-17(19-10-11-20-21(15-19)27-14-6-13-26-20)23-22(24)9-5-12-25-16-18-7-3-2-4-8-18/h2-4,7-8,10-11,15,17H,5-6,9,12-14,16H2,1H3,(H,23,24)/t17-/m1/s1. The second-order valence-electron chi connectivity index (χ2n) is 6.69. The lowest BCUT2D eigenvalue weighted by Crippen LogP contribution is -2.26. The van der Waals surface area contributed by atoms with Crippen molar-refractivity contribution >= 4 is 5.91 Å². The van der Waals surface area contributed by atoms with Gasteiger partial charge in [-0.3, -0.25) is 4.79 Å². The van der Waals surface area contributed by atoms with E-state index in [0.29, 0.717) is 39.3 Å². The molecule has 0 bridgehead atoms. The fraction of sp³-hybridized carbons (Fsp3) is 0.409. The molecular weight excluding hydrogens is 342 g/mol. The van der Waals surface area contributed by atoms with E-state index >= 15 is 0 Å². The molecule has 1 amide bonds. The Morgan fingerprint density at radius 1 is 1.11 bits per heavy atom. The molecule has 0 saturated heterocycles. The van der Waals surface area contributed by atoms with Crippen molar-refractivity contribution in [2.24, 2.45) is 0 Å². The van der Waals surface area contributed by atoms with Gasteiger partial charge < -0.3 is 19.5 Å². The summed E-state index contributed by atoms with van der Waals surface area (Å²) in [6, 6.07) is 15.8. The molecule has 27 heavy (non-hydrogen) atoms. The van der Waals surface area contributed by atoms with Crippen molar-refractivity contribution < 1.29 is 19.0 Å². The highest BCUT2D eigenvalue weighted by Crippen LogP contribution is 2.32. The van der Waals surface area contributed by atoms with Gasteiger partial charge in [-0.05, 0) is 36.6 Å². The normalized spacial score (nSPS) is 14.3. The summed E-state index contributed by atoms with van der Waals surface area (Å²) in [5.74, 6) is 1.55. The Labute approximate surface area is 160 Å². The van der Waals surface area contributed by atoms with Crippen LogP contribution >= 0.6 is 0 Å². The van der Waals surface area contributed by atoms with Gasteiger partial charge >= 0.3 is 0 Å². The summed E-state index contributed by atoms with van der Waals surface area (Å²) in [5, 5.41) is 3.04. The van der Waals surface area contributed by atoms with Crippen molar-refractivity contribution in [1.29, 1.82) is 0 Å². The van der Waals surface area contributed by atoms with Gasteiger partial charge in [-0.1, -0.05) is 36.4 Å². The van der Waals surface area contributed by atoms with E-state index < -0.39 is 0 Å². The maximum Gasteiger partial charge on any atom is 0.220 e. The van der Waals surface area contributed by atoms with Gasteiger partial charge in [-0.2, -0.15) is 0 Å². The predicted octanol–water partition coefficient (Wildman–Crippen LogP) is 4.02. The molecule has 1 aliphatic rings. The fourth-order valence-corrected chi connectivity index (χ4v) is 2.95. The number of benzene rings is 2. The third kappa shape index (κ3) is 6.00. The Morgan fingerprint density at radius 3 is 2.70 bits per heavy atom. The smallest absolute Gasteiger partial charge is 0.220 e. The molecule has 0 aromatic heterocycles. The molecule has 0 aliphatic carbocycles. The van der Waals surface area contributed by atoms with Crippen molar-refractivity contribution in [2.75, 3.05) is 19.8 Å². The van der Waals surface area contributed by atoms with Gasteiger partial charge in [0, 0.05) is 19.4 Å². The summed E-state index contributed by atoms with van der Waals surface area (Å²) in [6.45, 7) is 4.45. The van der Waals surface area contributed by atoms with Crippen LogP contribution in [0.5, 0.6) is 11.5 Å². The van der Waals surface area contributed by atoms with Gasteiger partial charge in [0.15, 0.2) is 11.5 Å². The SMILES string of the molecule is C[C@@H](NC(=O)CCCOCc1ccccc1)c1ccc2c(c1)OCCCO2. The first kappa shape index (κ1) is 19.2. The van der Waals surface area contributed by atoms with E-state index in [2.05, 4.69) is 5.32 Å². The minimum atomic E-state index is -0.0834. The number of fused-ring (bicyclic) bond motifs is 1. The largest absolute Gasteiger partial charge is 0.490 e. The number of carbonyl (C=O) groups excluding carboxylic acids is 1. The highest BCUT2D eigenvalue weighted by molar-refractivity contribution is 5.76. The number of carbonyl (C=O) groups is 1. The molecule has 2 aromatic carbocycles. The zero-order chi connectivity index (χ0) is 18.9. The van der Waals surface area contributed by atoms with Gasteiger partial charge in [-0.25, -0.2) is 0 Å². The van der Waals surface area contributed by atoms with E-state index in [4.69, 9.17) is 14.2 Å². The molecule has 0 unspecified atom stereocenters. The molecule has 0 radical (unpaired) electrons. The number of hydrogen-bond donors (Lipinski definition) is 1. The molecule has 1 N–H and O–H groups in total. The Bertz CT molecular complexity index is 732. The van der Waals surface area contributed by atoms with Crippen molar-refractivity contribution in [3.63, 3.8) is 0 Å². The zero-order valence-corrected chi connectivity index (χ0v) is 15.8. The fourth-order valence-electron chi connectivity index (χ4n) is 2.95. The Morgan fingerprint density at radius 2 is 1.89 bits per heavy atom. The molecule has 0 saturated carbocycles. The third-order valence-electron chi connectivity index (χ3n) is 4.45. The molecule has 3 rings (SSSR count). The summed E-state index contributed by atoms with van der Waals surface area (Å²) in [6.07, 6.45) is 2.03. The first-order chi connectivity index (χ1) is 13.2. The molecule has 2 aromatic rings. The topological polar surface area (TPSA) is 56.8 Å². The van der Waals surface area contributed by atoms with E-state index in [0.717, 1.165) is 29.0 Å². The summed E-state index contributed by atoms with van der Waals surface area (Å²) in [4.78, 5) is 12.2. The van der Waals surface area contributed by atoms with Crippen LogP contribution in [0.25, 0.3) is 0 Å². The molecular formula is C22H27NO4. The maximum absolute atomic E-state index is 12.2. The summed E-state index contributed by atoms with van der Waals surface area (Å²) < 4.78 is 17.0. The highest BCUT2D eigenvalue weighted by atomic mass is 16.5. The van der Waals surface area contributed by atoms with Crippen LogP contribution in [-0.4, -0.2) is 25.7 Å².